The minimum absolute atomic E-state index is 0.00839. The molecule has 0 radical (unpaired) electrons. The maximum absolute atomic E-state index is 11.2. The van der Waals surface area contributed by atoms with Crippen LogP contribution in [-0.4, -0.2) is 29.3 Å². The predicted molar refractivity (Wildman–Crippen MR) is 46.3 cm³/mol. The van der Waals surface area contributed by atoms with E-state index in [4.69, 9.17) is 5.11 Å². The Labute approximate surface area is 76.2 Å². The molecule has 0 unspecified atom stereocenters. The van der Waals surface area contributed by atoms with Crippen molar-refractivity contribution in [2.24, 2.45) is 0 Å². The van der Waals surface area contributed by atoms with E-state index in [1.54, 1.807) is 25.1 Å². The topological polar surface area (TPSA) is 59.4 Å². The van der Waals surface area contributed by atoms with Crippen LogP contribution in [-0.2, 0) is 4.74 Å². The van der Waals surface area contributed by atoms with Gasteiger partial charge in [-0.2, -0.15) is 0 Å². The first-order valence-corrected chi connectivity index (χ1v) is 3.95. The fourth-order valence-electron chi connectivity index (χ4n) is 0.869. The number of aryl methyl sites for hydroxylation is 1. The summed E-state index contributed by atoms with van der Waals surface area (Å²) in [6, 6.07) is 5.10. The van der Waals surface area contributed by atoms with E-state index >= 15 is 0 Å². The average Bonchev–Trinajstić information content (AvgIpc) is 2.14. The van der Waals surface area contributed by atoms with Crippen molar-refractivity contribution in [3.05, 3.63) is 29.6 Å². The summed E-state index contributed by atoms with van der Waals surface area (Å²) < 4.78 is 4.68. The Balaban J connectivity index is 2.66. The van der Waals surface area contributed by atoms with Gasteiger partial charge in [-0.25, -0.2) is 9.78 Å². The number of hydrogen-bond donors (Lipinski definition) is 1. The summed E-state index contributed by atoms with van der Waals surface area (Å²) in [5, 5.41) is 8.42. The molecule has 1 rings (SSSR count). The fraction of sp³-hybridized carbons (Fsp3) is 0.333. The third kappa shape index (κ3) is 2.83. The number of aliphatic hydroxyl groups is 1. The average molecular weight is 181 g/mol. The summed E-state index contributed by atoms with van der Waals surface area (Å²) >= 11 is 0. The largest absolute Gasteiger partial charge is 0.459 e. The Kier molecular flexibility index (Phi) is 3.40. The van der Waals surface area contributed by atoms with Gasteiger partial charge in [0.25, 0.3) is 0 Å². The van der Waals surface area contributed by atoms with Crippen molar-refractivity contribution in [3.8, 4) is 0 Å². The van der Waals surface area contributed by atoms with E-state index in [1.165, 1.54) is 0 Å². The van der Waals surface area contributed by atoms with Crippen molar-refractivity contribution >= 4 is 5.97 Å². The van der Waals surface area contributed by atoms with Gasteiger partial charge in [0.1, 0.15) is 12.3 Å². The monoisotopic (exact) mass is 181 g/mol. The number of rotatable bonds is 3. The molecule has 4 nitrogen and oxygen atoms in total. The van der Waals surface area contributed by atoms with Crippen LogP contribution in [0.1, 0.15) is 16.2 Å². The molecule has 1 heterocycles. The van der Waals surface area contributed by atoms with E-state index < -0.39 is 5.97 Å². The van der Waals surface area contributed by atoms with Crippen LogP contribution in [0.15, 0.2) is 18.2 Å². The second kappa shape index (κ2) is 4.57. The van der Waals surface area contributed by atoms with Crippen LogP contribution in [0.5, 0.6) is 0 Å². The number of hydrogen-bond acceptors (Lipinski definition) is 4. The molecule has 0 spiro atoms. The maximum atomic E-state index is 11.2. The quantitative estimate of drug-likeness (QED) is 0.691. The van der Waals surface area contributed by atoms with Gasteiger partial charge in [0.15, 0.2) is 0 Å². The predicted octanol–water partition coefficient (Wildman–Crippen LogP) is 0.539. The summed E-state index contributed by atoms with van der Waals surface area (Å²) in [4.78, 5) is 15.1. The van der Waals surface area contributed by atoms with Crippen LogP contribution in [0.4, 0.5) is 0 Å². The fourth-order valence-corrected chi connectivity index (χ4v) is 0.869. The summed E-state index contributed by atoms with van der Waals surface area (Å²) in [7, 11) is 0. The molecule has 0 aliphatic heterocycles. The van der Waals surface area contributed by atoms with Crippen LogP contribution >= 0.6 is 0 Å². The number of nitrogens with zero attached hydrogens (tertiary/aromatic N) is 1. The summed E-state index contributed by atoms with van der Waals surface area (Å²) in [6.45, 7) is 1.63. The van der Waals surface area contributed by atoms with Crippen molar-refractivity contribution in [2.75, 3.05) is 13.2 Å². The van der Waals surface area contributed by atoms with Crippen molar-refractivity contribution < 1.29 is 14.6 Å². The molecule has 4 heteroatoms. The molecular formula is C9H11NO3. The zero-order valence-corrected chi connectivity index (χ0v) is 7.36. The molecule has 0 aliphatic rings. The van der Waals surface area contributed by atoms with Crippen LogP contribution < -0.4 is 0 Å². The Hall–Kier alpha value is -1.42. The highest BCUT2D eigenvalue weighted by Gasteiger charge is 2.07. The number of aliphatic hydroxyl groups excluding tert-OH is 1. The van der Waals surface area contributed by atoms with Crippen LogP contribution in [0, 0.1) is 6.92 Å². The first-order chi connectivity index (χ1) is 6.24. The van der Waals surface area contributed by atoms with Gasteiger partial charge in [-0.05, 0) is 19.1 Å². The SMILES string of the molecule is Cc1cccc(C(=O)OCCO)n1. The molecule has 13 heavy (non-hydrogen) atoms. The molecule has 0 saturated carbocycles. The Bertz CT molecular complexity index is 299. The number of esters is 1. The van der Waals surface area contributed by atoms with Crippen molar-refractivity contribution in [1.82, 2.24) is 4.98 Å². The minimum atomic E-state index is -0.502. The first-order valence-electron chi connectivity index (χ1n) is 3.95. The van der Waals surface area contributed by atoms with Crippen molar-refractivity contribution in [3.63, 3.8) is 0 Å². The molecule has 1 N–H and O–H groups in total. The summed E-state index contributed by atoms with van der Waals surface area (Å²) in [6.07, 6.45) is 0. The highest BCUT2D eigenvalue weighted by atomic mass is 16.5. The van der Waals surface area contributed by atoms with Gasteiger partial charge in [-0.15, -0.1) is 0 Å². The number of ether oxygens (including phenoxy) is 1. The molecule has 0 saturated heterocycles. The molecule has 0 fully saturated rings. The third-order valence-corrected chi connectivity index (χ3v) is 1.42. The maximum Gasteiger partial charge on any atom is 0.357 e. The zero-order valence-electron chi connectivity index (χ0n) is 7.36. The van der Waals surface area contributed by atoms with Crippen LogP contribution in [0.25, 0.3) is 0 Å². The van der Waals surface area contributed by atoms with Crippen molar-refractivity contribution in [1.29, 1.82) is 0 Å². The Morgan fingerprint density at radius 1 is 1.62 bits per heavy atom. The molecule has 0 bridgehead atoms. The van der Waals surface area contributed by atoms with E-state index in [-0.39, 0.29) is 18.9 Å². The molecule has 0 atom stereocenters. The third-order valence-electron chi connectivity index (χ3n) is 1.42. The smallest absolute Gasteiger partial charge is 0.357 e. The van der Waals surface area contributed by atoms with E-state index in [2.05, 4.69) is 9.72 Å². The van der Waals surface area contributed by atoms with Gasteiger partial charge in [0.05, 0.1) is 6.61 Å². The highest BCUT2D eigenvalue weighted by molar-refractivity contribution is 5.87. The lowest BCUT2D eigenvalue weighted by Gasteiger charge is -2.01. The van der Waals surface area contributed by atoms with E-state index in [0.29, 0.717) is 0 Å². The van der Waals surface area contributed by atoms with Crippen molar-refractivity contribution in [2.45, 2.75) is 6.92 Å². The van der Waals surface area contributed by atoms with Gasteiger partial charge < -0.3 is 9.84 Å². The second-order valence-corrected chi connectivity index (χ2v) is 2.52. The molecule has 1 aromatic heterocycles. The first kappa shape index (κ1) is 9.67. The number of carbonyl (C=O) groups excluding carboxylic acids is 1. The van der Waals surface area contributed by atoms with Gasteiger partial charge in [0.2, 0.25) is 0 Å². The standard InChI is InChI=1S/C9H11NO3/c1-7-3-2-4-8(10-7)9(12)13-6-5-11/h2-4,11H,5-6H2,1H3. The molecule has 0 amide bonds. The zero-order chi connectivity index (χ0) is 9.68. The number of aromatic nitrogens is 1. The van der Waals surface area contributed by atoms with Gasteiger partial charge >= 0.3 is 5.97 Å². The lowest BCUT2D eigenvalue weighted by Crippen LogP contribution is -2.10. The number of carbonyl (C=O) groups is 1. The van der Waals surface area contributed by atoms with Gasteiger partial charge in [-0.1, -0.05) is 6.07 Å². The molecule has 1 aromatic rings. The number of pyridine rings is 1. The molecular weight excluding hydrogens is 170 g/mol. The summed E-state index contributed by atoms with van der Waals surface area (Å²) in [5.74, 6) is -0.502. The van der Waals surface area contributed by atoms with Gasteiger partial charge in [0, 0.05) is 5.69 Å². The minimum Gasteiger partial charge on any atom is -0.459 e. The van der Waals surface area contributed by atoms with Gasteiger partial charge in [-0.3, -0.25) is 0 Å². The molecule has 0 aliphatic carbocycles. The molecule has 70 valence electrons. The highest BCUT2D eigenvalue weighted by Crippen LogP contribution is 1.99. The van der Waals surface area contributed by atoms with E-state index in [0.717, 1.165) is 5.69 Å². The second-order valence-electron chi connectivity index (χ2n) is 2.52. The van der Waals surface area contributed by atoms with Crippen LogP contribution in [0.3, 0.4) is 0 Å². The summed E-state index contributed by atoms with van der Waals surface area (Å²) in [5.41, 5.74) is 1.03. The normalized spacial score (nSPS) is 9.69. The van der Waals surface area contributed by atoms with Crippen LogP contribution in [0.2, 0.25) is 0 Å². The molecule has 0 aromatic carbocycles. The van der Waals surface area contributed by atoms with E-state index in [1.807, 2.05) is 0 Å². The van der Waals surface area contributed by atoms with E-state index in [9.17, 15) is 4.79 Å². The Morgan fingerprint density at radius 3 is 3.00 bits per heavy atom. The lowest BCUT2D eigenvalue weighted by molar-refractivity contribution is 0.0427. The Morgan fingerprint density at radius 2 is 2.38 bits per heavy atom. The lowest BCUT2D eigenvalue weighted by atomic mass is 10.3.